The van der Waals surface area contributed by atoms with Crippen molar-refractivity contribution in [1.82, 2.24) is 0 Å². The van der Waals surface area contributed by atoms with Gasteiger partial charge in [-0.2, -0.15) is 0 Å². The van der Waals surface area contributed by atoms with E-state index in [-0.39, 0.29) is 5.76 Å². The minimum Gasteiger partial charge on any atom is -0.400 e. The number of nitro groups is 1. The van der Waals surface area contributed by atoms with E-state index < -0.39 is 16.8 Å². The highest BCUT2D eigenvalue weighted by atomic mass is 79.9. The van der Waals surface area contributed by atoms with Crippen molar-refractivity contribution in [2.75, 3.05) is 0 Å². The first kappa shape index (κ1) is 13.9. The molecular weight excluding hydrogens is 332 g/mol. The van der Waals surface area contributed by atoms with E-state index in [1.807, 2.05) is 0 Å². The molecule has 0 bridgehead atoms. The first-order chi connectivity index (χ1) is 9.58. The molecule has 102 valence electrons. The molecule has 0 aliphatic heterocycles. The molecule has 0 N–H and O–H groups in total. The van der Waals surface area contributed by atoms with Gasteiger partial charge in [-0.15, -0.1) is 0 Å². The van der Waals surface area contributed by atoms with Gasteiger partial charge in [0, 0.05) is 4.47 Å². The molecule has 0 atom stereocenters. The Morgan fingerprint density at radius 3 is 2.75 bits per heavy atom. The third-order valence-electron chi connectivity index (χ3n) is 2.20. The highest BCUT2D eigenvalue weighted by molar-refractivity contribution is 9.10. The maximum absolute atomic E-state index is 11.7. The van der Waals surface area contributed by atoms with Gasteiger partial charge < -0.3 is 9.25 Å². The van der Waals surface area contributed by atoms with E-state index in [0.29, 0.717) is 10.0 Å². The molecule has 0 saturated carbocycles. The number of benzene rings is 1. The Bertz CT molecular complexity index is 680. The average molecular weight is 339 g/mol. The second-order valence-electron chi connectivity index (χ2n) is 3.53. The molecule has 1 aromatic heterocycles. The van der Waals surface area contributed by atoms with Crippen LogP contribution in [0, 0.1) is 10.1 Å². The number of rotatable bonds is 4. The Morgan fingerprint density at radius 2 is 2.10 bits per heavy atom. The summed E-state index contributed by atoms with van der Waals surface area (Å²) < 4.78 is 5.39. The highest BCUT2D eigenvalue weighted by Gasteiger charge is 2.12. The van der Waals surface area contributed by atoms with Crippen LogP contribution in [0.25, 0.3) is 0 Å². The van der Waals surface area contributed by atoms with E-state index in [9.17, 15) is 14.9 Å². The maximum Gasteiger partial charge on any atom is 0.433 e. The molecule has 1 heterocycles. The standard InChI is InChI=1S/C12H7BrN2O5/c13-10-4-2-1-3-9(10)12(16)20-14-7-8-5-6-11(19-8)15(17)18/h1-7H. The molecule has 2 rings (SSSR count). The predicted molar refractivity (Wildman–Crippen MR) is 72.5 cm³/mol. The Balaban J connectivity index is 2.01. The number of carbonyl (C=O) groups excluding carboxylic acids is 1. The molecule has 0 saturated heterocycles. The Labute approximate surface area is 121 Å². The average Bonchev–Trinajstić information content (AvgIpc) is 2.88. The summed E-state index contributed by atoms with van der Waals surface area (Å²) in [6.07, 6.45) is 1.07. The first-order valence-electron chi connectivity index (χ1n) is 5.31. The Morgan fingerprint density at radius 1 is 1.35 bits per heavy atom. The highest BCUT2D eigenvalue weighted by Crippen LogP contribution is 2.17. The molecule has 0 unspecified atom stereocenters. The number of hydrogen-bond donors (Lipinski definition) is 0. The van der Waals surface area contributed by atoms with Gasteiger partial charge in [0.1, 0.15) is 11.1 Å². The minimum atomic E-state index is -0.676. The van der Waals surface area contributed by atoms with Crippen molar-refractivity contribution in [1.29, 1.82) is 0 Å². The molecular formula is C12H7BrN2O5. The van der Waals surface area contributed by atoms with Gasteiger partial charge in [-0.1, -0.05) is 17.3 Å². The van der Waals surface area contributed by atoms with E-state index in [1.165, 1.54) is 12.1 Å². The van der Waals surface area contributed by atoms with Gasteiger partial charge in [0.2, 0.25) is 0 Å². The van der Waals surface area contributed by atoms with Gasteiger partial charge in [-0.25, -0.2) is 4.79 Å². The molecule has 7 nitrogen and oxygen atoms in total. The molecule has 2 aromatic rings. The smallest absolute Gasteiger partial charge is 0.400 e. The lowest BCUT2D eigenvalue weighted by atomic mass is 10.2. The van der Waals surface area contributed by atoms with Gasteiger partial charge in [0.15, 0.2) is 5.76 Å². The first-order valence-corrected chi connectivity index (χ1v) is 6.10. The second kappa shape index (κ2) is 6.11. The fourth-order valence-electron chi connectivity index (χ4n) is 1.31. The van der Waals surface area contributed by atoms with Crippen LogP contribution in [-0.4, -0.2) is 17.1 Å². The summed E-state index contributed by atoms with van der Waals surface area (Å²) in [5.74, 6) is -0.963. The van der Waals surface area contributed by atoms with Crippen LogP contribution in [0.4, 0.5) is 5.88 Å². The number of hydrogen-bond acceptors (Lipinski definition) is 6. The van der Waals surface area contributed by atoms with E-state index in [1.54, 1.807) is 24.3 Å². The summed E-state index contributed by atoms with van der Waals surface area (Å²) in [7, 11) is 0. The predicted octanol–water partition coefficient (Wildman–Crippen LogP) is 3.14. The normalized spacial score (nSPS) is 10.7. The van der Waals surface area contributed by atoms with Crippen LogP contribution < -0.4 is 0 Å². The fraction of sp³-hybridized carbons (Fsp3) is 0. The zero-order valence-corrected chi connectivity index (χ0v) is 11.4. The van der Waals surface area contributed by atoms with Crippen LogP contribution in [0.5, 0.6) is 0 Å². The molecule has 1 aromatic carbocycles. The third-order valence-corrected chi connectivity index (χ3v) is 2.89. The molecule has 0 aliphatic rings. The largest absolute Gasteiger partial charge is 0.433 e. The summed E-state index contributed by atoms with van der Waals surface area (Å²) in [5.41, 5.74) is 0.315. The van der Waals surface area contributed by atoms with Gasteiger partial charge in [-0.3, -0.25) is 10.1 Å². The van der Waals surface area contributed by atoms with Crippen LogP contribution in [0.15, 0.2) is 50.4 Å². The minimum absolute atomic E-state index is 0.108. The van der Waals surface area contributed by atoms with Crippen molar-refractivity contribution in [3.63, 3.8) is 0 Å². The zero-order chi connectivity index (χ0) is 14.5. The molecule has 0 radical (unpaired) electrons. The Hall–Kier alpha value is -2.48. The molecule has 0 spiro atoms. The van der Waals surface area contributed by atoms with Crippen LogP contribution in [0.1, 0.15) is 16.1 Å². The monoisotopic (exact) mass is 338 g/mol. The van der Waals surface area contributed by atoms with Gasteiger partial charge in [0.05, 0.1) is 11.6 Å². The number of halogens is 1. The molecule has 20 heavy (non-hydrogen) atoms. The molecule has 0 fully saturated rings. The van der Waals surface area contributed by atoms with Crippen molar-refractivity contribution in [2.24, 2.45) is 5.16 Å². The van der Waals surface area contributed by atoms with Crippen molar-refractivity contribution in [3.8, 4) is 0 Å². The lowest BCUT2D eigenvalue weighted by Crippen LogP contribution is -2.01. The topological polar surface area (TPSA) is 94.9 Å². The summed E-state index contributed by atoms with van der Waals surface area (Å²) in [4.78, 5) is 26.0. The molecule has 0 amide bonds. The summed E-state index contributed by atoms with van der Waals surface area (Å²) in [5, 5.41) is 13.8. The van der Waals surface area contributed by atoms with E-state index in [0.717, 1.165) is 6.21 Å². The fourth-order valence-corrected chi connectivity index (χ4v) is 1.76. The van der Waals surface area contributed by atoms with Crippen LogP contribution in [0.3, 0.4) is 0 Å². The lowest BCUT2D eigenvalue weighted by molar-refractivity contribution is -0.402. The van der Waals surface area contributed by atoms with Crippen LogP contribution >= 0.6 is 15.9 Å². The van der Waals surface area contributed by atoms with Crippen molar-refractivity contribution in [3.05, 3.63) is 62.3 Å². The van der Waals surface area contributed by atoms with Crippen LogP contribution in [-0.2, 0) is 4.84 Å². The SMILES string of the molecule is O=C(ON=Cc1ccc([N+](=O)[O-])o1)c1ccccc1Br. The van der Waals surface area contributed by atoms with Crippen LogP contribution in [0.2, 0.25) is 0 Å². The Kier molecular flexibility index (Phi) is 4.26. The molecule has 8 heteroatoms. The number of nitrogens with zero attached hydrogens (tertiary/aromatic N) is 2. The summed E-state index contributed by atoms with van der Waals surface area (Å²) in [6, 6.07) is 9.22. The maximum atomic E-state index is 11.7. The van der Waals surface area contributed by atoms with E-state index in [4.69, 9.17) is 4.42 Å². The van der Waals surface area contributed by atoms with E-state index >= 15 is 0 Å². The molecule has 0 aliphatic carbocycles. The quantitative estimate of drug-likeness (QED) is 0.369. The lowest BCUT2D eigenvalue weighted by Gasteiger charge is -1.99. The number of oxime groups is 1. The summed E-state index contributed by atoms with van der Waals surface area (Å²) >= 11 is 3.21. The number of furan rings is 1. The van der Waals surface area contributed by atoms with Crippen molar-refractivity contribution >= 4 is 34.0 Å². The summed E-state index contributed by atoms with van der Waals surface area (Å²) in [6.45, 7) is 0. The van der Waals surface area contributed by atoms with Crippen molar-refractivity contribution in [2.45, 2.75) is 0 Å². The number of carbonyl (C=O) groups is 1. The van der Waals surface area contributed by atoms with Crippen molar-refractivity contribution < 1.29 is 19.0 Å². The van der Waals surface area contributed by atoms with E-state index in [2.05, 4.69) is 25.9 Å². The second-order valence-corrected chi connectivity index (χ2v) is 4.38. The third kappa shape index (κ3) is 3.29. The van der Waals surface area contributed by atoms with Gasteiger partial charge >= 0.3 is 11.9 Å². The van der Waals surface area contributed by atoms with Gasteiger partial charge in [0.25, 0.3) is 0 Å². The van der Waals surface area contributed by atoms with Gasteiger partial charge in [-0.05, 0) is 34.1 Å². The zero-order valence-electron chi connectivity index (χ0n) is 9.86.